The van der Waals surface area contributed by atoms with Crippen molar-refractivity contribution in [1.29, 1.82) is 0 Å². The summed E-state index contributed by atoms with van der Waals surface area (Å²) in [5, 5.41) is 5.99. The maximum Gasteiger partial charge on any atom is 0.124 e. The molecule has 140 valence electrons. The van der Waals surface area contributed by atoms with E-state index in [9.17, 15) is 0 Å². The second-order valence-electron chi connectivity index (χ2n) is 6.94. The van der Waals surface area contributed by atoms with Crippen LogP contribution in [0.5, 0.6) is 5.75 Å². The average molecular weight is 367 g/mol. The molecule has 4 aromatic carbocycles. The number of aryl methyl sites for hydroxylation is 1. The predicted octanol–water partition coefficient (Wildman–Crippen LogP) is 6.59. The molecule has 1 N–H and O–H groups in total. The monoisotopic (exact) mass is 367 g/mol. The summed E-state index contributed by atoms with van der Waals surface area (Å²) >= 11 is 0. The van der Waals surface area contributed by atoms with Crippen molar-refractivity contribution in [2.75, 3.05) is 5.32 Å². The fourth-order valence-corrected chi connectivity index (χ4v) is 3.42. The van der Waals surface area contributed by atoms with Crippen molar-refractivity contribution in [1.82, 2.24) is 0 Å². The first kappa shape index (κ1) is 18.1. The molecule has 0 spiro atoms. The van der Waals surface area contributed by atoms with E-state index >= 15 is 0 Å². The normalized spacial score (nSPS) is 10.8. The molecule has 0 saturated heterocycles. The van der Waals surface area contributed by atoms with Gasteiger partial charge in [0.1, 0.15) is 12.4 Å². The van der Waals surface area contributed by atoms with Gasteiger partial charge in [0.25, 0.3) is 0 Å². The summed E-state index contributed by atoms with van der Waals surface area (Å²) in [6, 6.07) is 31.7. The molecule has 0 aromatic heterocycles. The Balaban J connectivity index is 1.46. The van der Waals surface area contributed by atoms with Crippen LogP contribution in [-0.4, -0.2) is 0 Å². The van der Waals surface area contributed by atoms with Crippen molar-refractivity contribution in [3.05, 3.63) is 108 Å². The lowest BCUT2D eigenvalue weighted by molar-refractivity contribution is 0.304. The van der Waals surface area contributed by atoms with Crippen LogP contribution in [0.2, 0.25) is 0 Å². The van der Waals surface area contributed by atoms with Crippen LogP contribution in [-0.2, 0) is 19.6 Å². The molecular weight excluding hydrogens is 342 g/mol. The largest absolute Gasteiger partial charge is 0.489 e. The molecule has 0 bridgehead atoms. The third kappa shape index (κ3) is 4.17. The number of hydrogen-bond donors (Lipinski definition) is 1. The Morgan fingerprint density at radius 3 is 2.29 bits per heavy atom. The van der Waals surface area contributed by atoms with Gasteiger partial charge in [0, 0.05) is 17.8 Å². The molecule has 0 radical (unpaired) electrons. The molecule has 4 rings (SSSR count). The Labute approximate surface area is 166 Å². The van der Waals surface area contributed by atoms with Crippen LogP contribution in [0.15, 0.2) is 91.0 Å². The molecule has 2 heteroatoms. The molecule has 0 fully saturated rings. The van der Waals surface area contributed by atoms with Crippen LogP contribution in [0.25, 0.3) is 10.8 Å². The minimum atomic E-state index is 0.559. The standard InChI is InChI=1S/C26H25NO/c1-2-20-14-16-24(17-15-20)27-18-22-9-4-6-13-26(22)28-19-23-11-7-10-21-8-3-5-12-25(21)23/h3-17,27H,2,18-19H2,1H3. The Bertz CT molecular complexity index is 1050. The van der Waals surface area contributed by atoms with Crippen molar-refractivity contribution >= 4 is 16.5 Å². The van der Waals surface area contributed by atoms with Crippen molar-refractivity contribution < 1.29 is 4.74 Å². The molecule has 0 amide bonds. The number of anilines is 1. The fourth-order valence-electron chi connectivity index (χ4n) is 3.42. The lowest BCUT2D eigenvalue weighted by atomic mass is 10.1. The SMILES string of the molecule is CCc1ccc(NCc2ccccc2OCc2cccc3ccccc23)cc1. The Kier molecular flexibility index (Phi) is 5.58. The van der Waals surface area contributed by atoms with Crippen LogP contribution < -0.4 is 10.1 Å². The van der Waals surface area contributed by atoms with Gasteiger partial charge in [0.2, 0.25) is 0 Å². The van der Waals surface area contributed by atoms with E-state index in [4.69, 9.17) is 4.74 Å². The molecule has 0 aliphatic heterocycles. The number of fused-ring (bicyclic) bond motifs is 1. The van der Waals surface area contributed by atoms with Gasteiger partial charge in [-0.25, -0.2) is 0 Å². The van der Waals surface area contributed by atoms with Gasteiger partial charge in [-0.3, -0.25) is 0 Å². The van der Waals surface area contributed by atoms with Gasteiger partial charge < -0.3 is 10.1 Å². The smallest absolute Gasteiger partial charge is 0.124 e. The van der Waals surface area contributed by atoms with Gasteiger partial charge in [-0.15, -0.1) is 0 Å². The van der Waals surface area contributed by atoms with Gasteiger partial charge in [-0.1, -0.05) is 79.7 Å². The topological polar surface area (TPSA) is 21.3 Å². The second kappa shape index (κ2) is 8.62. The van der Waals surface area contributed by atoms with Crippen LogP contribution in [0.1, 0.15) is 23.6 Å². The number of ether oxygens (including phenoxy) is 1. The molecule has 0 heterocycles. The zero-order chi connectivity index (χ0) is 19.2. The van der Waals surface area contributed by atoms with Gasteiger partial charge in [-0.2, -0.15) is 0 Å². The number of para-hydroxylation sites is 1. The molecule has 0 saturated carbocycles. The van der Waals surface area contributed by atoms with Gasteiger partial charge in [-0.05, 0) is 46.5 Å². The summed E-state index contributed by atoms with van der Waals surface area (Å²) < 4.78 is 6.22. The van der Waals surface area contributed by atoms with E-state index in [0.717, 1.165) is 30.0 Å². The third-order valence-electron chi connectivity index (χ3n) is 5.08. The van der Waals surface area contributed by atoms with Gasteiger partial charge in [0.05, 0.1) is 0 Å². The number of hydrogen-bond acceptors (Lipinski definition) is 2. The van der Waals surface area contributed by atoms with E-state index in [1.165, 1.54) is 21.9 Å². The van der Waals surface area contributed by atoms with E-state index in [-0.39, 0.29) is 0 Å². The minimum Gasteiger partial charge on any atom is -0.489 e. The fraction of sp³-hybridized carbons (Fsp3) is 0.154. The molecule has 4 aromatic rings. The highest BCUT2D eigenvalue weighted by molar-refractivity contribution is 5.85. The van der Waals surface area contributed by atoms with E-state index in [1.807, 2.05) is 12.1 Å². The first-order valence-corrected chi connectivity index (χ1v) is 9.83. The van der Waals surface area contributed by atoms with Crippen LogP contribution in [0, 0.1) is 0 Å². The molecule has 28 heavy (non-hydrogen) atoms. The van der Waals surface area contributed by atoms with E-state index in [2.05, 4.69) is 91.1 Å². The summed E-state index contributed by atoms with van der Waals surface area (Å²) in [7, 11) is 0. The van der Waals surface area contributed by atoms with Crippen LogP contribution >= 0.6 is 0 Å². The van der Waals surface area contributed by atoms with E-state index < -0.39 is 0 Å². The Hall–Kier alpha value is -3.26. The lowest BCUT2D eigenvalue weighted by Gasteiger charge is -2.14. The zero-order valence-corrected chi connectivity index (χ0v) is 16.2. The highest BCUT2D eigenvalue weighted by Gasteiger charge is 2.06. The van der Waals surface area contributed by atoms with Crippen molar-refractivity contribution in [3.63, 3.8) is 0 Å². The lowest BCUT2D eigenvalue weighted by Crippen LogP contribution is -2.04. The summed E-state index contributed by atoms with van der Waals surface area (Å²) in [5.41, 5.74) is 4.84. The molecule has 2 nitrogen and oxygen atoms in total. The average Bonchev–Trinajstić information content (AvgIpc) is 2.77. The summed E-state index contributed by atoms with van der Waals surface area (Å²) in [6.45, 7) is 3.46. The Morgan fingerprint density at radius 1 is 0.714 bits per heavy atom. The minimum absolute atomic E-state index is 0.559. The van der Waals surface area contributed by atoms with Crippen LogP contribution in [0.4, 0.5) is 5.69 Å². The van der Waals surface area contributed by atoms with Gasteiger partial charge in [0.15, 0.2) is 0 Å². The number of rotatable bonds is 7. The quantitative estimate of drug-likeness (QED) is 0.398. The molecule has 0 aliphatic carbocycles. The molecule has 0 aliphatic rings. The molecule has 0 atom stereocenters. The summed E-state index contributed by atoms with van der Waals surface area (Å²) in [4.78, 5) is 0. The summed E-state index contributed by atoms with van der Waals surface area (Å²) in [6.07, 6.45) is 1.06. The van der Waals surface area contributed by atoms with E-state index in [1.54, 1.807) is 0 Å². The second-order valence-corrected chi connectivity index (χ2v) is 6.94. The zero-order valence-electron chi connectivity index (χ0n) is 16.2. The van der Waals surface area contributed by atoms with E-state index in [0.29, 0.717) is 6.61 Å². The highest BCUT2D eigenvalue weighted by Crippen LogP contribution is 2.24. The highest BCUT2D eigenvalue weighted by atomic mass is 16.5. The maximum absolute atomic E-state index is 6.22. The van der Waals surface area contributed by atoms with Crippen LogP contribution in [0.3, 0.4) is 0 Å². The summed E-state index contributed by atoms with van der Waals surface area (Å²) in [5.74, 6) is 0.924. The maximum atomic E-state index is 6.22. The van der Waals surface area contributed by atoms with Crippen molar-refractivity contribution in [2.24, 2.45) is 0 Å². The van der Waals surface area contributed by atoms with Crippen molar-refractivity contribution in [2.45, 2.75) is 26.5 Å². The Morgan fingerprint density at radius 2 is 1.43 bits per heavy atom. The molecule has 0 unspecified atom stereocenters. The first-order valence-electron chi connectivity index (χ1n) is 9.83. The number of benzene rings is 4. The first-order chi connectivity index (χ1) is 13.8. The third-order valence-corrected chi connectivity index (χ3v) is 5.08. The molecular formula is C26H25NO. The van der Waals surface area contributed by atoms with Crippen molar-refractivity contribution in [3.8, 4) is 5.75 Å². The van der Waals surface area contributed by atoms with Gasteiger partial charge >= 0.3 is 0 Å². The number of nitrogens with one attached hydrogen (secondary N) is 1. The predicted molar refractivity (Wildman–Crippen MR) is 118 cm³/mol.